The maximum atomic E-state index is 12.1. The fourth-order valence-corrected chi connectivity index (χ4v) is 3.70. The summed E-state index contributed by atoms with van der Waals surface area (Å²) in [4.78, 5) is 10.5. The molecule has 1 heterocycles. The SMILES string of the molecule is CCN(CC)S(=O)(=O)c1cc(C(=O)O)oc1Br. The van der Waals surface area contributed by atoms with E-state index < -0.39 is 21.8 Å². The Morgan fingerprint density at radius 2 is 2.00 bits per heavy atom. The number of hydrogen-bond acceptors (Lipinski definition) is 4. The Kier molecular flexibility index (Phi) is 4.34. The standard InChI is InChI=1S/C9H12BrNO5S/c1-3-11(4-2)17(14,15)7-5-6(9(12)13)16-8(7)10/h5H,3-4H2,1-2H3,(H,12,13). The Balaban J connectivity index is 3.29. The van der Waals surface area contributed by atoms with E-state index in [9.17, 15) is 13.2 Å². The van der Waals surface area contributed by atoms with Gasteiger partial charge in [0.1, 0.15) is 4.90 Å². The third kappa shape index (κ3) is 2.70. The largest absolute Gasteiger partial charge is 0.475 e. The van der Waals surface area contributed by atoms with Crippen LogP contribution in [0.5, 0.6) is 0 Å². The van der Waals surface area contributed by atoms with Crippen molar-refractivity contribution >= 4 is 31.9 Å². The van der Waals surface area contributed by atoms with E-state index in [1.807, 2.05) is 0 Å². The molecule has 0 aliphatic rings. The normalized spacial score (nSPS) is 12.0. The molecule has 0 bridgehead atoms. The van der Waals surface area contributed by atoms with E-state index in [2.05, 4.69) is 15.9 Å². The van der Waals surface area contributed by atoms with Gasteiger partial charge in [-0.3, -0.25) is 0 Å². The summed E-state index contributed by atoms with van der Waals surface area (Å²) in [5.74, 6) is -1.73. The average Bonchev–Trinajstić information content (AvgIpc) is 2.62. The molecular formula is C9H12BrNO5S. The molecule has 1 N–H and O–H groups in total. The van der Waals surface area contributed by atoms with E-state index in [4.69, 9.17) is 9.52 Å². The zero-order valence-electron chi connectivity index (χ0n) is 9.31. The van der Waals surface area contributed by atoms with Crippen molar-refractivity contribution in [3.63, 3.8) is 0 Å². The lowest BCUT2D eigenvalue weighted by molar-refractivity contribution is 0.0661. The third-order valence-electron chi connectivity index (χ3n) is 2.19. The maximum Gasteiger partial charge on any atom is 0.371 e. The second-order valence-electron chi connectivity index (χ2n) is 3.14. The summed E-state index contributed by atoms with van der Waals surface area (Å²) in [6.07, 6.45) is 0. The minimum absolute atomic E-state index is 0.0956. The molecule has 0 aliphatic carbocycles. The second-order valence-corrected chi connectivity index (χ2v) is 5.77. The summed E-state index contributed by atoms with van der Waals surface area (Å²) >= 11 is 2.91. The van der Waals surface area contributed by atoms with E-state index in [-0.39, 0.29) is 9.56 Å². The number of nitrogens with zero attached hydrogens (tertiary/aromatic N) is 1. The highest BCUT2D eigenvalue weighted by Crippen LogP contribution is 2.28. The number of furan rings is 1. The van der Waals surface area contributed by atoms with Crippen LogP contribution in [0.4, 0.5) is 0 Å². The van der Waals surface area contributed by atoms with E-state index >= 15 is 0 Å². The molecule has 0 amide bonds. The zero-order valence-corrected chi connectivity index (χ0v) is 11.7. The maximum absolute atomic E-state index is 12.1. The van der Waals surface area contributed by atoms with Gasteiger partial charge in [-0.05, 0) is 15.9 Å². The van der Waals surface area contributed by atoms with Crippen molar-refractivity contribution in [3.8, 4) is 0 Å². The summed E-state index contributed by atoms with van der Waals surface area (Å²) < 4.78 is 30.1. The van der Waals surface area contributed by atoms with Crippen molar-refractivity contribution in [2.45, 2.75) is 18.7 Å². The summed E-state index contributed by atoms with van der Waals surface area (Å²) in [5.41, 5.74) is 0. The van der Waals surface area contributed by atoms with Gasteiger partial charge in [0, 0.05) is 19.2 Å². The van der Waals surface area contributed by atoms with Crippen molar-refractivity contribution in [1.82, 2.24) is 4.31 Å². The lowest BCUT2D eigenvalue weighted by atomic mass is 10.5. The lowest BCUT2D eigenvalue weighted by Gasteiger charge is -2.17. The van der Waals surface area contributed by atoms with Gasteiger partial charge in [0.2, 0.25) is 15.8 Å². The first-order valence-corrected chi connectivity index (χ1v) is 7.10. The van der Waals surface area contributed by atoms with Gasteiger partial charge in [-0.25, -0.2) is 13.2 Å². The molecule has 0 radical (unpaired) electrons. The molecule has 8 heteroatoms. The van der Waals surface area contributed by atoms with Gasteiger partial charge in [0.05, 0.1) is 0 Å². The minimum Gasteiger partial charge on any atom is -0.475 e. The highest BCUT2D eigenvalue weighted by Gasteiger charge is 2.28. The highest BCUT2D eigenvalue weighted by molar-refractivity contribution is 9.10. The Labute approximate surface area is 107 Å². The average molecular weight is 326 g/mol. The second kappa shape index (κ2) is 5.19. The van der Waals surface area contributed by atoms with Crippen LogP contribution in [0.15, 0.2) is 20.0 Å². The highest BCUT2D eigenvalue weighted by atomic mass is 79.9. The molecule has 0 atom stereocenters. The molecule has 0 saturated carbocycles. The third-order valence-corrected chi connectivity index (χ3v) is 5.10. The van der Waals surface area contributed by atoms with Crippen LogP contribution in [0.25, 0.3) is 0 Å². The lowest BCUT2D eigenvalue weighted by Crippen LogP contribution is -2.30. The van der Waals surface area contributed by atoms with Crippen molar-refractivity contribution in [2.24, 2.45) is 0 Å². The van der Waals surface area contributed by atoms with Crippen LogP contribution >= 0.6 is 15.9 Å². The van der Waals surface area contributed by atoms with E-state index in [1.54, 1.807) is 13.8 Å². The molecule has 0 aromatic carbocycles. The van der Waals surface area contributed by atoms with Crippen molar-refractivity contribution < 1.29 is 22.7 Å². The number of sulfonamides is 1. The van der Waals surface area contributed by atoms with Gasteiger partial charge in [-0.2, -0.15) is 4.31 Å². The number of carboxylic acid groups (broad SMARTS) is 1. The van der Waals surface area contributed by atoms with Crippen molar-refractivity contribution in [3.05, 3.63) is 16.5 Å². The molecular weight excluding hydrogens is 314 g/mol. The minimum atomic E-state index is -3.72. The van der Waals surface area contributed by atoms with Crippen molar-refractivity contribution in [1.29, 1.82) is 0 Å². The summed E-state index contributed by atoms with van der Waals surface area (Å²) in [5, 5.41) is 8.72. The Hall–Kier alpha value is -0.860. The summed E-state index contributed by atoms with van der Waals surface area (Å²) in [7, 11) is -3.72. The molecule has 0 unspecified atom stereocenters. The Morgan fingerprint density at radius 3 is 2.35 bits per heavy atom. The number of hydrogen-bond donors (Lipinski definition) is 1. The summed E-state index contributed by atoms with van der Waals surface area (Å²) in [6, 6.07) is 1.00. The number of carbonyl (C=O) groups is 1. The number of halogens is 1. The molecule has 0 spiro atoms. The van der Waals surface area contributed by atoms with Crippen LogP contribution in [0.3, 0.4) is 0 Å². The molecule has 0 saturated heterocycles. The predicted molar refractivity (Wildman–Crippen MR) is 63.5 cm³/mol. The first-order valence-electron chi connectivity index (χ1n) is 4.87. The molecule has 0 aliphatic heterocycles. The smallest absolute Gasteiger partial charge is 0.371 e. The topological polar surface area (TPSA) is 87.8 Å². The van der Waals surface area contributed by atoms with Gasteiger partial charge in [0.25, 0.3) is 0 Å². The quantitative estimate of drug-likeness (QED) is 0.891. The Morgan fingerprint density at radius 1 is 1.47 bits per heavy atom. The molecule has 17 heavy (non-hydrogen) atoms. The predicted octanol–water partition coefficient (Wildman–Crippen LogP) is 1.77. The number of carboxylic acids is 1. The van der Waals surface area contributed by atoms with Crippen LogP contribution in [-0.4, -0.2) is 36.9 Å². The van der Waals surface area contributed by atoms with Crippen LogP contribution < -0.4 is 0 Å². The fourth-order valence-electron chi connectivity index (χ4n) is 1.34. The van der Waals surface area contributed by atoms with Crippen LogP contribution in [0.1, 0.15) is 24.4 Å². The van der Waals surface area contributed by atoms with Gasteiger partial charge in [0.15, 0.2) is 4.67 Å². The van der Waals surface area contributed by atoms with Gasteiger partial charge >= 0.3 is 5.97 Å². The van der Waals surface area contributed by atoms with Crippen LogP contribution in [0.2, 0.25) is 0 Å². The molecule has 0 fully saturated rings. The van der Waals surface area contributed by atoms with Gasteiger partial charge in [-0.15, -0.1) is 0 Å². The molecule has 1 aromatic rings. The van der Waals surface area contributed by atoms with E-state index in [0.717, 1.165) is 6.07 Å². The Bertz CT molecular complexity index is 517. The fraction of sp³-hybridized carbons (Fsp3) is 0.444. The molecule has 96 valence electrons. The number of rotatable bonds is 5. The van der Waals surface area contributed by atoms with Crippen LogP contribution in [0, 0.1) is 0 Å². The first kappa shape index (κ1) is 14.2. The first-order chi connectivity index (χ1) is 7.84. The molecule has 6 nitrogen and oxygen atoms in total. The van der Waals surface area contributed by atoms with E-state index in [0.29, 0.717) is 13.1 Å². The van der Waals surface area contributed by atoms with Crippen LogP contribution in [-0.2, 0) is 10.0 Å². The molecule has 1 rings (SSSR count). The van der Waals surface area contributed by atoms with Gasteiger partial charge < -0.3 is 9.52 Å². The van der Waals surface area contributed by atoms with E-state index in [1.165, 1.54) is 4.31 Å². The zero-order chi connectivity index (χ0) is 13.2. The number of aromatic carboxylic acids is 1. The molecule has 1 aromatic heterocycles. The summed E-state index contributed by atoms with van der Waals surface area (Å²) in [6.45, 7) is 4.01. The van der Waals surface area contributed by atoms with Crippen molar-refractivity contribution in [2.75, 3.05) is 13.1 Å². The van der Waals surface area contributed by atoms with Gasteiger partial charge in [-0.1, -0.05) is 13.8 Å². The monoisotopic (exact) mass is 325 g/mol.